The Morgan fingerprint density at radius 1 is 0.923 bits per heavy atom. The molecule has 4 aromatic rings. The summed E-state index contributed by atoms with van der Waals surface area (Å²) in [4.78, 5) is 12.9. The SMILES string of the molecule is Cc1ccc(C(=O)CC(c2ccccc2)n2ncc3ccccc32)cc1. The van der Waals surface area contributed by atoms with Crippen LogP contribution in [0.2, 0.25) is 0 Å². The zero-order valence-electron chi connectivity index (χ0n) is 14.7. The quantitative estimate of drug-likeness (QED) is 0.468. The Hall–Kier alpha value is -3.20. The first-order chi connectivity index (χ1) is 12.7. The van der Waals surface area contributed by atoms with E-state index in [2.05, 4.69) is 23.3 Å². The van der Waals surface area contributed by atoms with Crippen LogP contribution in [-0.4, -0.2) is 15.6 Å². The molecule has 26 heavy (non-hydrogen) atoms. The smallest absolute Gasteiger partial charge is 0.165 e. The third-order valence-electron chi connectivity index (χ3n) is 4.74. The van der Waals surface area contributed by atoms with E-state index < -0.39 is 0 Å². The summed E-state index contributed by atoms with van der Waals surface area (Å²) in [5, 5.41) is 5.68. The van der Waals surface area contributed by atoms with Crippen molar-refractivity contribution in [3.8, 4) is 0 Å². The largest absolute Gasteiger partial charge is 0.294 e. The monoisotopic (exact) mass is 340 g/mol. The molecule has 0 aliphatic rings. The van der Waals surface area contributed by atoms with Gasteiger partial charge in [-0.05, 0) is 18.6 Å². The highest BCUT2D eigenvalue weighted by Crippen LogP contribution is 2.27. The number of rotatable bonds is 5. The topological polar surface area (TPSA) is 34.9 Å². The van der Waals surface area contributed by atoms with E-state index in [9.17, 15) is 4.79 Å². The minimum Gasteiger partial charge on any atom is -0.294 e. The molecule has 0 amide bonds. The zero-order valence-corrected chi connectivity index (χ0v) is 14.7. The minimum atomic E-state index is -0.134. The molecule has 0 aliphatic heterocycles. The fourth-order valence-corrected chi connectivity index (χ4v) is 3.29. The lowest BCUT2D eigenvalue weighted by Gasteiger charge is -2.19. The first-order valence-corrected chi connectivity index (χ1v) is 8.79. The Labute approximate surface area is 152 Å². The van der Waals surface area contributed by atoms with Crippen molar-refractivity contribution in [3.63, 3.8) is 0 Å². The summed E-state index contributed by atoms with van der Waals surface area (Å²) in [5.74, 6) is 0.124. The molecule has 0 spiro atoms. The van der Waals surface area contributed by atoms with Crippen LogP contribution in [0.25, 0.3) is 10.9 Å². The van der Waals surface area contributed by atoms with Gasteiger partial charge in [0.05, 0.1) is 17.8 Å². The van der Waals surface area contributed by atoms with E-state index in [0.29, 0.717) is 6.42 Å². The van der Waals surface area contributed by atoms with Crippen LogP contribution < -0.4 is 0 Å². The molecule has 3 heteroatoms. The molecule has 4 rings (SSSR count). The Bertz CT molecular complexity index is 1030. The number of ketones is 1. The molecule has 0 bridgehead atoms. The first-order valence-electron chi connectivity index (χ1n) is 8.79. The second-order valence-electron chi connectivity index (χ2n) is 6.57. The van der Waals surface area contributed by atoms with Crippen LogP contribution in [0.15, 0.2) is 85.1 Å². The second kappa shape index (κ2) is 6.96. The average Bonchev–Trinajstić information content (AvgIpc) is 3.11. The summed E-state index contributed by atoms with van der Waals surface area (Å²) < 4.78 is 1.97. The molecule has 3 aromatic carbocycles. The third-order valence-corrected chi connectivity index (χ3v) is 4.74. The van der Waals surface area contributed by atoms with Crippen LogP contribution >= 0.6 is 0 Å². The van der Waals surface area contributed by atoms with E-state index in [0.717, 1.165) is 27.6 Å². The number of fused-ring (bicyclic) bond motifs is 1. The van der Waals surface area contributed by atoms with Gasteiger partial charge in [-0.15, -0.1) is 0 Å². The fourth-order valence-electron chi connectivity index (χ4n) is 3.29. The highest BCUT2D eigenvalue weighted by Gasteiger charge is 2.21. The lowest BCUT2D eigenvalue weighted by molar-refractivity contribution is 0.0968. The molecule has 0 aliphatic carbocycles. The maximum Gasteiger partial charge on any atom is 0.165 e. The second-order valence-corrected chi connectivity index (χ2v) is 6.57. The Morgan fingerprint density at radius 3 is 2.38 bits per heavy atom. The summed E-state index contributed by atoms with van der Waals surface area (Å²) in [5.41, 5.74) is 4.02. The molecule has 3 nitrogen and oxygen atoms in total. The molecule has 0 N–H and O–H groups in total. The number of aromatic nitrogens is 2. The van der Waals surface area contributed by atoms with Gasteiger partial charge in [0.25, 0.3) is 0 Å². The molecular formula is C23H20N2O. The van der Waals surface area contributed by atoms with E-state index in [1.807, 2.05) is 78.5 Å². The van der Waals surface area contributed by atoms with Gasteiger partial charge in [-0.25, -0.2) is 0 Å². The fraction of sp³-hybridized carbons (Fsp3) is 0.130. The van der Waals surface area contributed by atoms with Crippen molar-refractivity contribution >= 4 is 16.7 Å². The van der Waals surface area contributed by atoms with Crippen LogP contribution in [0.4, 0.5) is 0 Å². The van der Waals surface area contributed by atoms with Gasteiger partial charge >= 0.3 is 0 Å². The molecule has 1 heterocycles. The van der Waals surface area contributed by atoms with Gasteiger partial charge in [0.2, 0.25) is 0 Å². The van der Waals surface area contributed by atoms with Crippen molar-refractivity contribution in [1.29, 1.82) is 0 Å². The first kappa shape index (κ1) is 16.3. The molecule has 0 saturated heterocycles. The minimum absolute atomic E-state index is 0.124. The Kier molecular flexibility index (Phi) is 4.36. The van der Waals surface area contributed by atoms with Crippen LogP contribution in [0.1, 0.15) is 33.9 Å². The molecule has 1 unspecified atom stereocenters. The van der Waals surface area contributed by atoms with Crippen molar-refractivity contribution in [2.24, 2.45) is 0 Å². The van der Waals surface area contributed by atoms with Crippen molar-refractivity contribution < 1.29 is 4.79 Å². The summed E-state index contributed by atoms with van der Waals surface area (Å²) in [7, 11) is 0. The number of para-hydroxylation sites is 1. The number of carbonyl (C=O) groups excluding carboxylic acids is 1. The molecule has 0 fully saturated rings. The number of nitrogens with zero attached hydrogens (tertiary/aromatic N) is 2. The van der Waals surface area contributed by atoms with Gasteiger partial charge in [-0.3, -0.25) is 9.48 Å². The molecule has 1 aromatic heterocycles. The average molecular weight is 340 g/mol. The highest BCUT2D eigenvalue weighted by molar-refractivity contribution is 5.96. The van der Waals surface area contributed by atoms with Crippen molar-refractivity contribution in [3.05, 3.63) is 102 Å². The van der Waals surface area contributed by atoms with Crippen molar-refractivity contribution in [1.82, 2.24) is 9.78 Å². The molecule has 0 saturated carbocycles. The van der Waals surface area contributed by atoms with Gasteiger partial charge in [0.15, 0.2) is 5.78 Å². The number of carbonyl (C=O) groups is 1. The van der Waals surface area contributed by atoms with Crippen LogP contribution in [0.5, 0.6) is 0 Å². The molecule has 128 valence electrons. The maximum atomic E-state index is 12.9. The number of aryl methyl sites for hydroxylation is 1. The Balaban J connectivity index is 1.74. The van der Waals surface area contributed by atoms with Crippen LogP contribution in [0, 0.1) is 6.92 Å². The van der Waals surface area contributed by atoms with Crippen LogP contribution in [-0.2, 0) is 0 Å². The molecule has 1 atom stereocenters. The molecule has 0 radical (unpaired) electrons. The van der Waals surface area contributed by atoms with Gasteiger partial charge in [0, 0.05) is 17.4 Å². The van der Waals surface area contributed by atoms with Gasteiger partial charge in [-0.1, -0.05) is 78.4 Å². The predicted molar refractivity (Wildman–Crippen MR) is 104 cm³/mol. The Morgan fingerprint density at radius 2 is 1.62 bits per heavy atom. The maximum absolute atomic E-state index is 12.9. The van der Waals surface area contributed by atoms with E-state index in [-0.39, 0.29) is 11.8 Å². The lowest BCUT2D eigenvalue weighted by Crippen LogP contribution is -2.16. The van der Waals surface area contributed by atoms with E-state index in [1.54, 1.807) is 0 Å². The molecular weight excluding hydrogens is 320 g/mol. The number of hydrogen-bond donors (Lipinski definition) is 0. The van der Waals surface area contributed by atoms with Gasteiger partial charge in [0.1, 0.15) is 0 Å². The highest BCUT2D eigenvalue weighted by atomic mass is 16.1. The predicted octanol–water partition coefficient (Wildman–Crippen LogP) is 5.21. The van der Waals surface area contributed by atoms with E-state index in [1.165, 1.54) is 0 Å². The number of benzene rings is 3. The summed E-state index contributed by atoms with van der Waals surface area (Å²) in [6.45, 7) is 2.02. The number of Topliss-reactive ketones (excluding diaryl/α,β-unsaturated/α-hetero) is 1. The van der Waals surface area contributed by atoms with E-state index in [4.69, 9.17) is 0 Å². The standard InChI is InChI=1S/C23H20N2O/c1-17-11-13-19(14-12-17)23(26)15-22(18-7-3-2-4-8-18)25-21-10-6-5-9-20(21)16-24-25/h2-14,16,22H,15H2,1H3. The normalized spacial score (nSPS) is 12.2. The van der Waals surface area contributed by atoms with Gasteiger partial charge in [-0.2, -0.15) is 5.10 Å². The number of hydrogen-bond acceptors (Lipinski definition) is 2. The summed E-state index contributed by atoms with van der Waals surface area (Å²) in [6, 6.07) is 25.9. The summed E-state index contributed by atoms with van der Waals surface area (Å²) in [6.07, 6.45) is 2.24. The third kappa shape index (κ3) is 3.16. The van der Waals surface area contributed by atoms with E-state index >= 15 is 0 Å². The van der Waals surface area contributed by atoms with Crippen molar-refractivity contribution in [2.75, 3.05) is 0 Å². The lowest BCUT2D eigenvalue weighted by atomic mass is 9.97. The van der Waals surface area contributed by atoms with Crippen LogP contribution in [0.3, 0.4) is 0 Å². The van der Waals surface area contributed by atoms with Crippen molar-refractivity contribution in [2.45, 2.75) is 19.4 Å². The van der Waals surface area contributed by atoms with Gasteiger partial charge < -0.3 is 0 Å². The summed E-state index contributed by atoms with van der Waals surface area (Å²) >= 11 is 0. The zero-order chi connectivity index (χ0) is 17.9.